The summed E-state index contributed by atoms with van der Waals surface area (Å²) in [6.07, 6.45) is -0.378. The van der Waals surface area contributed by atoms with Crippen molar-refractivity contribution >= 4 is 17.7 Å². The van der Waals surface area contributed by atoms with E-state index in [1.807, 2.05) is 13.8 Å². The molecule has 0 bridgehead atoms. The molecule has 7 heteroatoms. The summed E-state index contributed by atoms with van der Waals surface area (Å²) >= 11 is 0. The normalized spacial score (nSPS) is 19.4. The minimum Gasteiger partial charge on any atom is -0.465 e. The molecular formula is C18H27N3O4. The van der Waals surface area contributed by atoms with Gasteiger partial charge in [-0.1, -0.05) is 6.07 Å². The number of carbonyl (C=O) groups is 2. The molecule has 1 aliphatic rings. The summed E-state index contributed by atoms with van der Waals surface area (Å²) in [6.45, 7) is 8.23. The number of ether oxygens (including phenoxy) is 1. The molecule has 1 heterocycles. The van der Waals surface area contributed by atoms with Gasteiger partial charge < -0.3 is 20.1 Å². The van der Waals surface area contributed by atoms with Gasteiger partial charge in [0.15, 0.2) is 0 Å². The Labute approximate surface area is 148 Å². The van der Waals surface area contributed by atoms with E-state index < -0.39 is 5.97 Å². The average molecular weight is 349 g/mol. The topological polar surface area (TPSA) is 82.1 Å². The number of anilines is 1. The Morgan fingerprint density at radius 3 is 2.72 bits per heavy atom. The van der Waals surface area contributed by atoms with Gasteiger partial charge in [-0.3, -0.25) is 4.90 Å². The number of methoxy groups -OCH3 is 1. The smallest absolute Gasteiger partial charge is 0.338 e. The number of rotatable bonds is 4. The molecule has 1 fully saturated rings. The Hall–Kier alpha value is -2.12. The van der Waals surface area contributed by atoms with Crippen LogP contribution in [0.4, 0.5) is 10.5 Å². The van der Waals surface area contributed by atoms with Crippen molar-refractivity contribution in [2.45, 2.75) is 32.9 Å². The van der Waals surface area contributed by atoms with Crippen LogP contribution in [0.25, 0.3) is 0 Å². The zero-order valence-corrected chi connectivity index (χ0v) is 15.3. The number of nitrogens with zero attached hydrogens (tertiary/aromatic N) is 2. The number of aliphatic hydroxyl groups excluding tert-OH is 1. The van der Waals surface area contributed by atoms with Crippen molar-refractivity contribution < 1.29 is 19.4 Å². The van der Waals surface area contributed by atoms with E-state index in [4.69, 9.17) is 4.74 Å². The molecule has 2 N–H and O–H groups in total. The molecule has 0 aromatic heterocycles. The standard InChI is InChI=1S/C18H27N3O4/c1-12-5-6-15(9-16(12)17(23)25-4)19-18(24)21-8-7-20(10-13(21)2)11-14(3)22/h5-6,9,13-14,22H,7-8,10-11H2,1-4H3,(H,19,24)/t13-,14-/m0/s1. The SMILES string of the molecule is COC(=O)c1cc(NC(=O)N2CCN(C[C@H](C)O)C[C@@H]2C)ccc1C. The van der Waals surface area contributed by atoms with Crippen molar-refractivity contribution in [2.75, 3.05) is 38.6 Å². The first-order chi connectivity index (χ1) is 11.8. The van der Waals surface area contributed by atoms with Crippen LogP contribution in [0.1, 0.15) is 29.8 Å². The molecule has 2 amide bonds. The van der Waals surface area contributed by atoms with E-state index in [9.17, 15) is 14.7 Å². The summed E-state index contributed by atoms with van der Waals surface area (Å²) in [7, 11) is 1.33. The molecule has 2 atom stereocenters. The van der Waals surface area contributed by atoms with Crippen molar-refractivity contribution in [1.29, 1.82) is 0 Å². The van der Waals surface area contributed by atoms with Gasteiger partial charge in [0.25, 0.3) is 0 Å². The molecular weight excluding hydrogens is 322 g/mol. The maximum atomic E-state index is 12.6. The molecule has 25 heavy (non-hydrogen) atoms. The maximum absolute atomic E-state index is 12.6. The Kier molecular flexibility index (Phi) is 6.39. The first-order valence-electron chi connectivity index (χ1n) is 8.48. The molecule has 7 nitrogen and oxygen atoms in total. The number of nitrogens with one attached hydrogen (secondary N) is 1. The van der Waals surface area contributed by atoms with Crippen molar-refractivity contribution in [3.63, 3.8) is 0 Å². The molecule has 0 radical (unpaired) electrons. The molecule has 0 aliphatic carbocycles. The van der Waals surface area contributed by atoms with Crippen LogP contribution in [0.3, 0.4) is 0 Å². The van der Waals surface area contributed by atoms with E-state index in [0.29, 0.717) is 24.3 Å². The highest BCUT2D eigenvalue weighted by atomic mass is 16.5. The van der Waals surface area contributed by atoms with Gasteiger partial charge in [-0.25, -0.2) is 9.59 Å². The number of hydrogen-bond donors (Lipinski definition) is 2. The fourth-order valence-electron chi connectivity index (χ4n) is 3.10. The second-order valence-electron chi connectivity index (χ2n) is 6.60. The van der Waals surface area contributed by atoms with Crippen LogP contribution in [0.15, 0.2) is 18.2 Å². The number of aliphatic hydroxyl groups is 1. The monoisotopic (exact) mass is 349 g/mol. The average Bonchev–Trinajstić information content (AvgIpc) is 2.55. The summed E-state index contributed by atoms with van der Waals surface area (Å²) in [4.78, 5) is 28.3. The minimum atomic E-state index is -0.422. The second-order valence-corrected chi connectivity index (χ2v) is 6.60. The van der Waals surface area contributed by atoms with Gasteiger partial charge in [0.2, 0.25) is 0 Å². The van der Waals surface area contributed by atoms with Gasteiger partial charge in [0.05, 0.1) is 18.8 Å². The van der Waals surface area contributed by atoms with Crippen LogP contribution in [0.2, 0.25) is 0 Å². The molecule has 0 spiro atoms. The van der Waals surface area contributed by atoms with Crippen LogP contribution >= 0.6 is 0 Å². The number of β-amino-alcohol motifs (C(OH)–C–C–N with tert-alkyl or cyclic N) is 1. The van der Waals surface area contributed by atoms with Gasteiger partial charge in [-0.15, -0.1) is 0 Å². The van der Waals surface area contributed by atoms with Crippen LogP contribution in [0.5, 0.6) is 0 Å². The Morgan fingerprint density at radius 1 is 1.40 bits per heavy atom. The van der Waals surface area contributed by atoms with E-state index >= 15 is 0 Å². The molecule has 1 saturated heterocycles. The van der Waals surface area contributed by atoms with E-state index in [1.54, 1.807) is 30.0 Å². The number of urea groups is 1. The number of aryl methyl sites for hydroxylation is 1. The predicted octanol–water partition coefficient (Wildman–Crippen LogP) is 1.70. The van der Waals surface area contributed by atoms with E-state index in [0.717, 1.165) is 18.7 Å². The Balaban J connectivity index is 2.02. The third-order valence-corrected chi connectivity index (χ3v) is 4.39. The lowest BCUT2D eigenvalue weighted by molar-refractivity contribution is 0.0599. The summed E-state index contributed by atoms with van der Waals surface area (Å²) in [5.74, 6) is -0.422. The lowest BCUT2D eigenvalue weighted by Crippen LogP contribution is -2.56. The number of esters is 1. The Bertz CT molecular complexity index is 633. The first-order valence-corrected chi connectivity index (χ1v) is 8.48. The number of piperazine rings is 1. The van der Waals surface area contributed by atoms with Crippen molar-refractivity contribution in [3.05, 3.63) is 29.3 Å². The zero-order valence-electron chi connectivity index (χ0n) is 15.3. The maximum Gasteiger partial charge on any atom is 0.338 e. The van der Waals surface area contributed by atoms with Gasteiger partial charge in [-0.2, -0.15) is 0 Å². The number of amides is 2. The van der Waals surface area contributed by atoms with Crippen LogP contribution < -0.4 is 5.32 Å². The summed E-state index contributed by atoms with van der Waals surface area (Å²) < 4.78 is 4.77. The highest BCUT2D eigenvalue weighted by Gasteiger charge is 2.28. The minimum absolute atomic E-state index is 0.0398. The van der Waals surface area contributed by atoms with E-state index in [1.165, 1.54) is 7.11 Å². The quantitative estimate of drug-likeness (QED) is 0.809. The molecule has 1 aromatic carbocycles. The first kappa shape index (κ1) is 19.2. The molecule has 138 valence electrons. The van der Waals surface area contributed by atoms with E-state index in [-0.39, 0.29) is 18.2 Å². The van der Waals surface area contributed by atoms with Gasteiger partial charge in [-0.05, 0) is 38.5 Å². The van der Waals surface area contributed by atoms with Crippen LogP contribution in [-0.2, 0) is 4.74 Å². The number of benzene rings is 1. The van der Waals surface area contributed by atoms with Crippen molar-refractivity contribution in [2.24, 2.45) is 0 Å². The third-order valence-electron chi connectivity index (χ3n) is 4.39. The lowest BCUT2D eigenvalue weighted by atomic mass is 10.1. The predicted molar refractivity (Wildman–Crippen MR) is 95.8 cm³/mol. The number of hydrogen-bond acceptors (Lipinski definition) is 5. The largest absolute Gasteiger partial charge is 0.465 e. The summed E-state index contributed by atoms with van der Waals surface area (Å²) in [5.41, 5.74) is 1.80. The fourth-order valence-corrected chi connectivity index (χ4v) is 3.10. The Morgan fingerprint density at radius 2 is 2.12 bits per heavy atom. The fraction of sp³-hybridized carbons (Fsp3) is 0.556. The lowest BCUT2D eigenvalue weighted by Gasteiger charge is -2.40. The van der Waals surface area contributed by atoms with Crippen LogP contribution in [0, 0.1) is 6.92 Å². The van der Waals surface area contributed by atoms with E-state index in [2.05, 4.69) is 10.2 Å². The molecule has 2 rings (SSSR count). The second kappa shape index (κ2) is 8.31. The summed E-state index contributed by atoms with van der Waals surface area (Å²) in [5, 5.41) is 12.4. The highest BCUT2D eigenvalue weighted by molar-refractivity contribution is 5.95. The van der Waals surface area contributed by atoms with Gasteiger partial charge in [0.1, 0.15) is 0 Å². The van der Waals surface area contributed by atoms with Gasteiger partial charge in [0, 0.05) is 37.9 Å². The molecule has 0 unspecified atom stereocenters. The molecule has 1 aliphatic heterocycles. The van der Waals surface area contributed by atoms with Crippen molar-refractivity contribution in [3.8, 4) is 0 Å². The highest BCUT2D eigenvalue weighted by Crippen LogP contribution is 2.18. The molecule has 0 saturated carbocycles. The van der Waals surface area contributed by atoms with Crippen molar-refractivity contribution in [1.82, 2.24) is 9.80 Å². The summed E-state index contributed by atoms with van der Waals surface area (Å²) in [6, 6.07) is 5.04. The third kappa shape index (κ3) is 4.93. The van der Waals surface area contributed by atoms with Crippen LogP contribution in [-0.4, -0.2) is 72.3 Å². The molecule has 1 aromatic rings. The zero-order chi connectivity index (χ0) is 18.6. The number of carbonyl (C=O) groups excluding carboxylic acids is 2. The van der Waals surface area contributed by atoms with Gasteiger partial charge >= 0.3 is 12.0 Å².